The van der Waals surface area contributed by atoms with Crippen LogP contribution in [0.5, 0.6) is 0 Å². The number of nitrogens with one attached hydrogen (secondary N) is 1. The number of hydrogen-bond acceptors (Lipinski definition) is 2. The number of rotatable bonds is 0. The van der Waals surface area contributed by atoms with Crippen LogP contribution in [0, 0.1) is 11.3 Å². The molecule has 2 aromatic rings. The molecule has 20 heavy (non-hydrogen) atoms. The van der Waals surface area contributed by atoms with Crippen molar-refractivity contribution in [3.05, 3.63) is 36.7 Å². The van der Waals surface area contributed by atoms with Gasteiger partial charge in [-0.15, -0.1) is 13.2 Å². The summed E-state index contributed by atoms with van der Waals surface area (Å²) in [5.41, 5.74) is 11.7. The minimum Gasteiger partial charge on any atom is -0.396 e. The van der Waals surface area contributed by atoms with Crippen molar-refractivity contribution in [1.29, 1.82) is 0 Å². The summed E-state index contributed by atoms with van der Waals surface area (Å²) in [6, 6.07) is 2.24. The minimum absolute atomic E-state index is 0.376. The van der Waals surface area contributed by atoms with Crippen LogP contribution in [0.1, 0.15) is 38.4 Å². The number of H-pyrrole nitrogens is 1. The Morgan fingerprint density at radius 2 is 2.05 bits per heavy atom. The van der Waals surface area contributed by atoms with E-state index in [-0.39, 0.29) is 0 Å². The van der Waals surface area contributed by atoms with E-state index in [9.17, 15) is 0 Å². The zero-order chi connectivity index (χ0) is 14.9. The number of aromatic nitrogens is 2. The molecule has 0 saturated heterocycles. The van der Waals surface area contributed by atoms with Crippen LogP contribution in [-0.2, 0) is 12.8 Å². The lowest BCUT2D eigenvalue weighted by Crippen LogP contribution is -2.27. The predicted molar refractivity (Wildman–Crippen MR) is 86.7 cm³/mol. The monoisotopic (exact) mass is 271 g/mol. The molecule has 1 unspecified atom stereocenters. The first-order valence-electron chi connectivity index (χ1n) is 7.20. The SMILES string of the molecule is C=C.CC(C)(C)C1CCc2nc3c(N)c[nH]c3cc2C1. The second kappa shape index (κ2) is 5.31. The Labute approximate surface area is 121 Å². The average molecular weight is 271 g/mol. The molecule has 3 heteroatoms. The molecule has 108 valence electrons. The molecule has 1 aliphatic rings. The molecule has 3 N–H and O–H groups in total. The van der Waals surface area contributed by atoms with Crippen LogP contribution >= 0.6 is 0 Å². The fraction of sp³-hybridized carbons (Fsp3) is 0.471. The Morgan fingerprint density at radius 1 is 1.35 bits per heavy atom. The highest BCUT2D eigenvalue weighted by Crippen LogP contribution is 2.37. The van der Waals surface area contributed by atoms with Gasteiger partial charge in [-0.3, -0.25) is 0 Å². The second-order valence-electron chi connectivity index (χ2n) is 6.54. The summed E-state index contributed by atoms with van der Waals surface area (Å²) in [6.45, 7) is 13.0. The first-order chi connectivity index (χ1) is 9.45. The first-order valence-corrected chi connectivity index (χ1v) is 7.20. The quantitative estimate of drug-likeness (QED) is 0.709. The molecular formula is C17H25N3. The lowest BCUT2D eigenvalue weighted by molar-refractivity contribution is 0.215. The van der Waals surface area contributed by atoms with Crippen molar-refractivity contribution in [2.45, 2.75) is 40.0 Å². The normalized spacial score (nSPS) is 18.2. The van der Waals surface area contributed by atoms with Crippen LogP contribution in [0.4, 0.5) is 5.69 Å². The first kappa shape index (κ1) is 14.6. The van der Waals surface area contributed by atoms with E-state index < -0.39 is 0 Å². The van der Waals surface area contributed by atoms with Crippen molar-refractivity contribution in [3.8, 4) is 0 Å². The van der Waals surface area contributed by atoms with E-state index in [4.69, 9.17) is 10.7 Å². The number of pyridine rings is 1. The number of fused-ring (bicyclic) bond motifs is 2. The largest absolute Gasteiger partial charge is 0.396 e. The molecular weight excluding hydrogens is 246 g/mol. The third kappa shape index (κ3) is 2.58. The van der Waals surface area contributed by atoms with E-state index >= 15 is 0 Å². The van der Waals surface area contributed by atoms with Crippen LogP contribution in [0.25, 0.3) is 11.0 Å². The molecule has 0 bridgehead atoms. The van der Waals surface area contributed by atoms with Crippen LogP contribution in [0.15, 0.2) is 25.4 Å². The summed E-state index contributed by atoms with van der Waals surface area (Å²) in [4.78, 5) is 7.94. The molecule has 0 fully saturated rings. The molecule has 0 aliphatic heterocycles. The van der Waals surface area contributed by atoms with Crippen molar-refractivity contribution in [3.63, 3.8) is 0 Å². The van der Waals surface area contributed by atoms with Crippen molar-refractivity contribution in [2.24, 2.45) is 11.3 Å². The smallest absolute Gasteiger partial charge is 0.111 e. The molecule has 3 nitrogen and oxygen atoms in total. The highest BCUT2D eigenvalue weighted by Gasteiger charge is 2.29. The number of nitrogens with zero attached hydrogens (tertiary/aromatic N) is 1. The lowest BCUT2D eigenvalue weighted by Gasteiger charge is -2.34. The standard InChI is InChI=1S/C15H21N3.C2H4/c1-15(2,3)10-4-5-12-9(6-10)7-13-14(18-12)11(16)8-17-13;1-2/h7-8,10,17H,4-6,16H2,1-3H3;1-2H2. The van der Waals surface area contributed by atoms with Gasteiger partial charge in [0.15, 0.2) is 0 Å². The number of hydrogen-bond donors (Lipinski definition) is 2. The van der Waals surface area contributed by atoms with Gasteiger partial charge in [-0.1, -0.05) is 20.8 Å². The Bertz CT molecular complexity index is 604. The van der Waals surface area contributed by atoms with Crippen LogP contribution in [-0.4, -0.2) is 9.97 Å². The maximum Gasteiger partial charge on any atom is 0.111 e. The van der Waals surface area contributed by atoms with Crippen molar-refractivity contribution < 1.29 is 0 Å². The van der Waals surface area contributed by atoms with Gasteiger partial charge in [0.05, 0.1) is 11.2 Å². The highest BCUT2D eigenvalue weighted by atomic mass is 14.8. The van der Waals surface area contributed by atoms with E-state index in [2.05, 4.69) is 45.0 Å². The van der Waals surface area contributed by atoms with Gasteiger partial charge in [0.25, 0.3) is 0 Å². The van der Waals surface area contributed by atoms with Gasteiger partial charge < -0.3 is 10.7 Å². The highest BCUT2D eigenvalue weighted by molar-refractivity contribution is 5.87. The van der Waals surface area contributed by atoms with E-state index in [0.717, 1.165) is 35.5 Å². The molecule has 2 aromatic heterocycles. The molecule has 0 spiro atoms. The lowest BCUT2D eigenvalue weighted by atomic mass is 9.71. The zero-order valence-corrected chi connectivity index (χ0v) is 12.8. The maximum atomic E-state index is 5.91. The molecule has 3 rings (SSSR count). The summed E-state index contributed by atoms with van der Waals surface area (Å²) in [7, 11) is 0. The fourth-order valence-corrected chi connectivity index (χ4v) is 2.96. The number of aromatic amines is 1. The third-order valence-electron chi connectivity index (χ3n) is 4.27. The number of nitrogen functional groups attached to an aromatic ring is 1. The van der Waals surface area contributed by atoms with Gasteiger partial charge in [0.1, 0.15) is 5.52 Å². The average Bonchev–Trinajstić information content (AvgIpc) is 2.78. The summed E-state index contributed by atoms with van der Waals surface area (Å²) in [5.74, 6) is 0.747. The summed E-state index contributed by atoms with van der Waals surface area (Å²) in [6.07, 6.45) is 5.29. The van der Waals surface area contributed by atoms with E-state index in [1.54, 1.807) is 0 Å². The van der Waals surface area contributed by atoms with Gasteiger partial charge in [-0.25, -0.2) is 4.98 Å². The van der Waals surface area contributed by atoms with Crippen LogP contribution in [0.3, 0.4) is 0 Å². The summed E-state index contributed by atoms with van der Waals surface area (Å²) < 4.78 is 0. The number of aryl methyl sites for hydroxylation is 1. The van der Waals surface area contributed by atoms with Gasteiger partial charge in [0, 0.05) is 11.9 Å². The van der Waals surface area contributed by atoms with Gasteiger partial charge in [0.2, 0.25) is 0 Å². The second-order valence-corrected chi connectivity index (χ2v) is 6.54. The van der Waals surface area contributed by atoms with Gasteiger partial charge in [-0.2, -0.15) is 0 Å². The molecule has 0 radical (unpaired) electrons. The van der Waals surface area contributed by atoms with Crippen molar-refractivity contribution >= 4 is 16.7 Å². The van der Waals surface area contributed by atoms with Gasteiger partial charge in [-0.05, 0) is 42.2 Å². The Balaban J connectivity index is 0.000000704. The fourth-order valence-electron chi connectivity index (χ4n) is 2.96. The Morgan fingerprint density at radius 3 is 2.70 bits per heavy atom. The Kier molecular flexibility index (Phi) is 3.89. The summed E-state index contributed by atoms with van der Waals surface area (Å²) in [5, 5.41) is 0. The molecule has 1 atom stereocenters. The third-order valence-corrected chi connectivity index (χ3v) is 4.27. The zero-order valence-electron chi connectivity index (χ0n) is 12.8. The van der Waals surface area contributed by atoms with E-state index in [0.29, 0.717) is 5.41 Å². The van der Waals surface area contributed by atoms with Crippen molar-refractivity contribution in [2.75, 3.05) is 5.73 Å². The maximum absolute atomic E-state index is 5.91. The predicted octanol–water partition coefficient (Wildman–Crippen LogP) is 4.10. The number of anilines is 1. The van der Waals surface area contributed by atoms with E-state index in [1.807, 2.05) is 6.20 Å². The summed E-state index contributed by atoms with van der Waals surface area (Å²) >= 11 is 0. The van der Waals surface area contributed by atoms with Crippen molar-refractivity contribution in [1.82, 2.24) is 9.97 Å². The molecule has 1 aliphatic carbocycles. The van der Waals surface area contributed by atoms with Crippen LogP contribution < -0.4 is 5.73 Å². The molecule has 2 heterocycles. The molecule has 0 amide bonds. The molecule has 0 aromatic carbocycles. The Hall–Kier alpha value is -1.77. The van der Waals surface area contributed by atoms with Crippen LogP contribution in [0.2, 0.25) is 0 Å². The number of nitrogens with two attached hydrogens (primary N) is 1. The van der Waals surface area contributed by atoms with E-state index in [1.165, 1.54) is 17.7 Å². The molecule has 0 saturated carbocycles. The topological polar surface area (TPSA) is 54.7 Å². The minimum atomic E-state index is 0.376. The van der Waals surface area contributed by atoms with Gasteiger partial charge >= 0.3 is 0 Å².